The summed E-state index contributed by atoms with van der Waals surface area (Å²) in [6.07, 6.45) is 36.2. The number of carboxylic acid groups (broad SMARTS) is 1. The van der Waals surface area contributed by atoms with Crippen LogP contribution in [0.15, 0.2) is 24.3 Å². The summed E-state index contributed by atoms with van der Waals surface area (Å²) in [5.74, 6) is -0.796. The average Bonchev–Trinajstić information content (AvgIpc) is 2.89. The van der Waals surface area contributed by atoms with Gasteiger partial charge >= 0.3 is 11.9 Å². The van der Waals surface area contributed by atoms with E-state index < -0.39 is 5.97 Å². The van der Waals surface area contributed by atoms with Crippen molar-refractivity contribution < 1.29 is 19.4 Å². The number of aliphatic carboxylic acids is 1. The first-order chi connectivity index (χ1) is 18.6. The molecule has 1 N–H and O–H groups in total. The van der Waals surface area contributed by atoms with Crippen LogP contribution in [0.1, 0.15) is 174 Å². The van der Waals surface area contributed by atoms with Gasteiger partial charge in [-0.05, 0) is 70.3 Å². The molecular weight excluding hydrogens is 472 g/mol. The van der Waals surface area contributed by atoms with E-state index in [2.05, 4.69) is 38.2 Å². The molecule has 4 heteroatoms. The fraction of sp³-hybridized carbons (Fsp3) is 0.824. The maximum Gasteiger partial charge on any atom is 0.306 e. The summed E-state index contributed by atoms with van der Waals surface area (Å²) in [5.41, 5.74) is 0. The van der Waals surface area contributed by atoms with E-state index >= 15 is 0 Å². The Bertz CT molecular complexity index is 581. The summed E-state index contributed by atoms with van der Waals surface area (Å²) in [6, 6.07) is 0. The largest absolute Gasteiger partial charge is 0.481 e. The maximum absolute atomic E-state index is 12.5. The van der Waals surface area contributed by atoms with E-state index in [1.165, 1.54) is 96.3 Å². The van der Waals surface area contributed by atoms with Gasteiger partial charge < -0.3 is 9.84 Å². The third-order valence-corrected chi connectivity index (χ3v) is 7.13. The predicted molar refractivity (Wildman–Crippen MR) is 163 cm³/mol. The Morgan fingerprint density at radius 2 is 1.03 bits per heavy atom. The zero-order valence-corrected chi connectivity index (χ0v) is 25.2. The minimum atomic E-state index is -0.723. The molecule has 222 valence electrons. The van der Waals surface area contributed by atoms with E-state index in [4.69, 9.17) is 9.84 Å². The van der Waals surface area contributed by atoms with Crippen molar-refractivity contribution in [1.82, 2.24) is 0 Å². The van der Waals surface area contributed by atoms with Crippen molar-refractivity contribution in [3.63, 3.8) is 0 Å². The highest BCUT2D eigenvalue weighted by atomic mass is 16.5. The fourth-order valence-electron chi connectivity index (χ4n) is 4.67. The van der Waals surface area contributed by atoms with Crippen LogP contribution >= 0.6 is 0 Å². The lowest BCUT2D eigenvalue weighted by Gasteiger charge is -2.15. The van der Waals surface area contributed by atoms with Crippen LogP contribution in [0.2, 0.25) is 0 Å². The number of carbonyl (C=O) groups is 2. The van der Waals surface area contributed by atoms with Crippen LogP contribution in [0.25, 0.3) is 0 Å². The normalized spacial score (nSPS) is 12.5. The van der Waals surface area contributed by atoms with Gasteiger partial charge in [0.25, 0.3) is 0 Å². The molecule has 0 aliphatic heterocycles. The van der Waals surface area contributed by atoms with Gasteiger partial charge in [0.2, 0.25) is 0 Å². The molecule has 0 aliphatic rings. The lowest BCUT2D eigenvalue weighted by molar-refractivity contribution is -0.147. The van der Waals surface area contributed by atoms with E-state index in [1.807, 2.05) is 0 Å². The van der Waals surface area contributed by atoms with E-state index in [1.54, 1.807) is 0 Å². The number of rotatable bonds is 29. The average molecular weight is 535 g/mol. The van der Waals surface area contributed by atoms with Gasteiger partial charge in [0.15, 0.2) is 0 Å². The molecule has 4 nitrogen and oxygen atoms in total. The van der Waals surface area contributed by atoms with E-state index in [9.17, 15) is 9.59 Å². The number of allylic oxidation sites excluding steroid dienone is 3. The molecule has 0 aliphatic carbocycles. The minimum Gasteiger partial charge on any atom is -0.481 e. The molecule has 0 saturated carbocycles. The third-order valence-electron chi connectivity index (χ3n) is 7.13. The summed E-state index contributed by atoms with van der Waals surface area (Å²) < 4.78 is 5.83. The Labute approximate surface area is 236 Å². The quantitative estimate of drug-likeness (QED) is 0.0589. The first-order valence-electron chi connectivity index (χ1n) is 16.3. The molecule has 1 unspecified atom stereocenters. The molecule has 0 aromatic heterocycles. The number of carboxylic acids is 1. The van der Waals surface area contributed by atoms with Crippen molar-refractivity contribution in [2.24, 2.45) is 0 Å². The minimum absolute atomic E-state index is 0.0731. The zero-order valence-electron chi connectivity index (χ0n) is 25.2. The first kappa shape index (κ1) is 36.4. The molecule has 0 fully saturated rings. The summed E-state index contributed by atoms with van der Waals surface area (Å²) in [6.45, 7) is 4.50. The Kier molecular flexibility index (Phi) is 28.7. The molecular formula is C34H62O4. The van der Waals surface area contributed by atoms with Gasteiger partial charge in [-0.15, -0.1) is 0 Å². The summed E-state index contributed by atoms with van der Waals surface area (Å²) in [5, 5.41) is 8.78. The number of ether oxygens (including phenoxy) is 1. The van der Waals surface area contributed by atoms with Gasteiger partial charge in [0.1, 0.15) is 6.10 Å². The second-order valence-corrected chi connectivity index (χ2v) is 11.0. The Morgan fingerprint density at radius 1 is 0.579 bits per heavy atom. The Morgan fingerprint density at radius 3 is 1.61 bits per heavy atom. The smallest absolute Gasteiger partial charge is 0.306 e. The molecule has 38 heavy (non-hydrogen) atoms. The lowest BCUT2D eigenvalue weighted by atomic mass is 10.1. The van der Waals surface area contributed by atoms with Crippen LogP contribution < -0.4 is 0 Å². The molecule has 0 aromatic rings. The van der Waals surface area contributed by atoms with Crippen LogP contribution in [0.4, 0.5) is 0 Å². The van der Waals surface area contributed by atoms with Crippen LogP contribution in [0.3, 0.4) is 0 Å². The number of unbranched alkanes of at least 4 members (excludes halogenated alkanes) is 18. The van der Waals surface area contributed by atoms with Crippen molar-refractivity contribution >= 4 is 11.9 Å². The highest BCUT2D eigenvalue weighted by molar-refractivity contribution is 5.69. The lowest BCUT2D eigenvalue weighted by Crippen LogP contribution is -2.16. The topological polar surface area (TPSA) is 63.6 Å². The van der Waals surface area contributed by atoms with Gasteiger partial charge in [0, 0.05) is 12.8 Å². The van der Waals surface area contributed by atoms with Crippen molar-refractivity contribution in [2.45, 2.75) is 180 Å². The standard InChI is InChI=1S/C34H62O4/c1-3-5-7-9-11-13-14-15-16-17-19-21-27-31-34(37)38-32(29-25-22-23-26-30-33(35)36)28-24-20-18-12-10-8-6-4-2/h13-14,24,28,32H,3-12,15-23,25-27,29-31H2,1-2H3,(H,35,36)/b14-13-,28-24-. The highest BCUT2D eigenvalue weighted by Gasteiger charge is 2.11. The molecule has 0 rings (SSSR count). The highest BCUT2D eigenvalue weighted by Crippen LogP contribution is 2.15. The van der Waals surface area contributed by atoms with Crippen molar-refractivity contribution in [3.05, 3.63) is 24.3 Å². The van der Waals surface area contributed by atoms with Gasteiger partial charge in [-0.1, -0.05) is 116 Å². The zero-order chi connectivity index (χ0) is 27.9. The first-order valence-corrected chi connectivity index (χ1v) is 16.3. The van der Waals surface area contributed by atoms with Crippen LogP contribution in [-0.4, -0.2) is 23.1 Å². The monoisotopic (exact) mass is 534 g/mol. The SMILES string of the molecule is CCCCCC/C=C\CCCCCCCC(=O)OC(/C=C\CCCCCCCC)CCCCCCC(=O)O. The molecule has 0 spiro atoms. The molecule has 1 atom stereocenters. The van der Waals surface area contributed by atoms with Crippen molar-refractivity contribution in [1.29, 1.82) is 0 Å². The summed E-state index contributed by atoms with van der Waals surface area (Å²) in [7, 11) is 0. The van der Waals surface area contributed by atoms with Crippen molar-refractivity contribution in [3.8, 4) is 0 Å². The number of carbonyl (C=O) groups excluding carboxylic acids is 1. The Balaban J connectivity index is 4.07. The number of esters is 1. The van der Waals surface area contributed by atoms with Gasteiger partial charge in [-0.3, -0.25) is 9.59 Å². The van der Waals surface area contributed by atoms with Gasteiger partial charge in [-0.25, -0.2) is 0 Å². The second kappa shape index (κ2) is 30.0. The molecule has 0 bridgehead atoms. The molecule has 0 saturated heterocycles. The van der Waals surface area contributed by atoms with Crippen LogP contribution in [-0.2, 0) is 14.3 Å². The van der Waals surface area contributed by atoms with Crippen LogP contribution in [0.5, 0.6) is 0 Å². The van der Waals surface area contributed by atoms with E-state index in [0.29, 0.717) is 6.42 Å². The fourth-order valence-corrected chi connectivity index (χ4v) is 4.67. The van der Waals surface area contributed by atoms with E-state index in [-0.39, 0.29) is 18.5 Å². The van der Waals surface area contributed by atoms with Crippen molar-refractivity contribution in [2.75, 3.05) is 0 Å². The van der Waals surface area contributed by atoms with Crippen LogP contribution in [0, 0.1) is 0 Å². The molecule has 0 amide bonds. The van der Waals surface area contributed by atoms with E-state index in [0.717, 1.165) is 51.4 Å². The summed E-state index contributed by atoms with van der Waals surface area (Å²) in [4.78, 5) is 23.1. The van der Waals surface area contributed by atoms with Gasteiger partial charge in [-0.2, -0.15) is 0 Å². The molecule has 0 radical (unpaired) electrons. The summed E-state index contributed by atoms with van der Waals surface area (Å²) >= 11 is 0. The second-order valence-electron chi connectivity index (χ2n) is 11.0. The number of hydrogen-bond acceptors (Lipinski definition) is 3. The van der Waals surface area contributed by atoms with Gasteiger partial charge in [0.05, 0.1) is 0 Å². The predicted octanol–water partition coefficient (Wildman–Crippen LogP) is 10.9. The molecule has 0 heterocycles. The maximum atomic E-state index is 12.5. The molecule has 0 aromatic carbocycles. The Hall–Kier alpha value is -1.58. The number of hydrogen-bond donors (Lipinski definition) is 1. The third kappa shape index (κ3) is 29.0.